The van der Waals surface area contributed by atoms with Crippen LogP contribution < -0.4 is 9.80 Å². The molecule has 0 aromatic heterocycles. The average molecular weight is 626 g/mol. The smallest absolute Gasteiger partial charge is 0.268 e. The monoisotopic (exact) mass is 625 g/mol. The van der Waals surface area contributed by atoms with Crippen molar-refractivity contribution in [3.8, 4) is 0 Å². The number of carbonyl (C=O) groups excluding carboxylic acids is 3. The van der Waals surface area contributed by atoms with Crippen LogP contribution in [0.4, 0.5) is 17.1 Å². The lowest BCUT2D eigenvalue weighted by atomic mass is 9.82. The first kappa shape index (κ1) is 29.9. The predicted octanol–water partition coefficient (Wildman–Crippen LogP) is 4.24. The van der Waals surface area contributed by atoms with Gasteiger partial charge in [-0.25, -0.2) is 0 Å². The van der Waals surface area contributed by atoms with Crippen molar-refractivity contribution in [3.63, 3.8) is 0 Å². The Morgan fingerprint density at radius 3 is 2.36 bits per heavy atom. The zero-order chi connectivity index (χ0) is 31.7. The number of fused-ring (bicyclic) bond motifs is 3. The molecule has 4 aliphatic rings. The van der Waals surface area contributed by atoms with Crippen LogP contribution in [0, 0.1) is 5.92 Å². The minimum absolute atomic E-state index is 0.0231. The molecule has 3 aromatic rings. The molecule has 5 atom stereocenters. The Morgan fingerprint density at radius 2 is 1.71 bits per heavy atom. The Hall–Kier alpha value is -3.83. The second-order valence-electron chi connectivity index (χ2n) is 13.4. The molecule has 0 radical (unpaired) electrons. The number of β-lactam (4-membered cyclic amide) rings is 1. The number of carbonyl (C=O) groups is 3. The van der Waals surface area contributed by atoms with Gasteiger partial charge in [0, 0.05) is 47.9 Å². The van der Waals surface area contributed by atoms with E-state index in [-0.39, 0.29) is 36.8 Å². The second-order valence-corrected chi connectivity index (χ2v) is 17.3. The van der Waals surface area contributed by atoms with Crippen molar-refractivity contribution in [2.75, 3.05) is 23.0 Å². The van der Waals surface area contributed by atoms with Crippen molar-refractivity contribution in [2.45, 2.75) is 69.1 Å². The zero-order valence-electron chi connectivity index (χ0n) is 25.8. The summed E-state index contributed by atoms with van der Waals surface area (Å²) in [6.07, 6.45) is 0.294. The Labute approximate surface area is 264 Å². The molecule has 3 aromatic carbocycles. The maximum absolute atomic E-state index is 14.8. The highest BCUT2D eigenvalue weighted by atomic mass is 28.4. The van der Waals surface area contributed by atoms with Gasteiger partial charge >= 0.3 is 0 Å². The molecule has 3 amide bonds. The first-order chi connectivity index (χ1) is 21.5. The quantitative estimate of drug-likeness (QED) is 0.313. The summed E-state index contributed by atoms with van der Waals surface area (Å²) >= 11 is 0. The minimum atomic E-state index is -3.02. The number of anilines is 3. The summed E-state index contributed by atoms with van der Waals surface area (Å²) in [6, 6.07) is 22.6. The molecule has 10 heteroatoms. The van der Waals surface area contributed by atoms with E-state index in [1.165, 1.54) is 0 Å². The molecule has 9 nitrogen and oxygen atoms in total. The standard InChI is InChI=1S/C35H39N3O6Si/c1-22-33(45(2,3)43)30(19-32(41)37-20-24-10-8-7-9-23(24)17-27(37)21-39)44-35(22)28-18-26(36-16-15-31(36)40)13-14-29(28)38(34(35)42)25-11-5-4-6-12-25/h4-14,18,22,27,30,33,39,43H,15-17,19-21H2,1-3H3/t22-,27-,30+,33-,35+/m0/s1. The van der Waals surface area contributed by atoms with Crippen molar-refractivity contribution in [2.24, 2.45) is 5.92 Å². The van der Waals surface area contributed by atoms with Crippen LogP contribution in [-0.2, 0) is 37.7 Å². The number of aliphatic hydroxyl groups excluding tert-OH is 1. The molecule has 4 aliphatic heterocycles. The van der Waals surface area contributed by atoms with Crippen LogP contribution in [0.3, 0.4) is 0 Å². The van der Waals surface area contributed by atoms with E-state index in [1.807, 2.05) is 92.8 Å². The highest BCUT2D eigenvalue weighted by molar-refractivity contribution is 6.71. The summed E-state index contributed by atoms with van der Waals surface area (Å²) in [6.45, 7) is 6.46. The van der Waals surface area contributed by atoms with Gasteiger partial charge in [-0.15, -0.1) is 0 Å². The molecule has 45 heavy (non-hydrogen) atoms. The number of benzene rings is 3. The van der Waals surface area contributed by atoms with Crippen molar-refractivity contribution in [1.82, 2.24) is 4.90 Å². The summed E-state index contributed by atoms with van der Waals surface area (Å²) in [5.74, 6) is -0.867. The summed E-state index contributed by atoms with van der Waals surface area (Å²) < 4.78 is 6.93. The SMILES string of the molecule is C[C@H]1[C@H]([Si](C)(C)O)[C@@H](CC(=O)N2Cc3ccccc3C[C@H]2CO)O[C@]12C(=O)N(c1ccccc1)c1ccc(N3CCC3=O)cc12. The van der Waals surface area contributed by atoms with Crippen LogP contribution in [0.2, 0.25) is 18.6 Å². The largest absolute Gasteiger partial charge is 0.432 e. The third-order valence-corrected chi connectivity index (χ3v) is 12.8. The van der Waals surface area contributed by atoms with Crippen molar-refractivity contribution in [3.05, 3.63) is 89.5 Å². The molecule has 0 unspecified atom stereocenters. The lowest BCUT2D eigenvalue weighted by Gasteiger charge is -2.37. The summed E-state index contributed by atoms with van der Waals surface area (Å²) in [7, 11) is -3.02. The van der Waals surface area contributed by atoms with Crippen molar-refractivity contribution in [1.29, 1.82) is 0 Å². The molecule has 4 heterocycles. The number of nitrogens with zero attached hydrogens (tertiary/aromatic N) is 3. The van der Waals surface area contributed by atoms with Gasteiger partial charge in [0.25, 0.3) is 5.91 Å². The Morgan fingerprint density at radius 1 is 1.00 bits per heavy atom. The first-order valence-electron chi connectivity index (χ1n) is 15.8. The van der Waals surface area contributed by atoms with E-state index in [4.69, 9.17) is 4.74 Å². The molecule has 7 rings (SSSR count). The molecular formula is C35H39N3O6Si. The molecule has 1 spiro atoms. The van der Waals surface area contributed by atoms with E-state index in [9.17, 15) is 24.3 Å². The van der Waals surface area contributed by atoms with Gasteiger partial charge in [-0.3, -0.25) is 19.3 Å². The number of ether oxygens (including phenoxy) is 1. The number of para-hydroxylation sites is 1. The number of aliphatic hydroxyl groups is 1. The van der Waals surface area contributed by atoms with E-state index in [2.05, 4.69) is 0 Å². The van der Waals surface area contributed by atoms with Gasteiger partial charge in [-0.05, 0) is 61.0 Å². The summed E-state index contributed by atoms with van der Waals surface area (Å²) in [5.41, 5.74) is 3.00. The van der Waals surface area contributed by atoms with Crippen LogP contribution in [0.5, 0.6) is 0 Å². The first-order valence-corrected chi connectivity index (χ1v) is 18.8. The van der Waals surface area contributed by atoms with Gasteiger partial charge in [0.15, 0.2) is 13.9 Å². The maximum Gasteiger partial charge on any atom is 0.268 e. The summed E-state index contributed by atoms with van der Waals surface area (Å²) in [5, 5.41) is 10.2. The van der Waals surface area contributed by atoms with Gasteiger partial charge in [0.1, 0.15) is 0 Å². The fourth-order valence-electron chi connectivity index (χ4n) is 8.11. The number of amides is 3. The maximum atomic E-state index is 14.8. The van der Waals surface area contributed by atoms with Crippen LogP contribution in [0.1, 0.15) is 36.5 Å². The van der Waals surface area contributed by atoms with Gasteiger partial charge in [-0.1, -0.05) is 49.4 Å². The molecule has 2 N–H and O–H groups in total. The normalized spacial score (nSPS) is 27.5. The molecule has 0 aliphatic carbocycles. The van der Waals surface area contributed by atoms with Crippen molar-refractivity contribution >= 4 is 43.1 Å². The van der Waals surface area contributed by atoms with E-state index in [0.717, 1.165) is 11.1 Å². The van der Waals surface area contributed by atoms with Gasteiger partial charge in [0.2, 0.25) is 11.8 Å². The van der Waals surface area contributed by atoms with E-state index < -0.39 is 31.5 Å². The Bertz CT molecular complexity index is 1680. The molecular weight excluding hydrogens is 586 g/mol. The van der Waals surface area contributed by atoms with E-state index in [1.54, 1.807) is 14.7 Å². The number of rotatable bonds is 6. The average Bonchev–Trinajstić information content (AvgIpc) is 3.45. The fraction of sp³-hybridized carbons (Fsp3) is 0.400. The number of hydrogen-bond acceptors (Lipinski definition) is 6. The highest BCUT2D eigenvalue weighted by Crippen LogP contribution is 2.61. The highest BCUT2D eigenvalue weighted by Gasteiger charge is 2.67. The second kappa shape index (κ2) is 10.9. The molecule has 0 bridgehead atoms. The Balaban J connectivity index is 1.29. The summed E-state index contributed by atoms with van der Waals surface area (Å²) in [4.78, 5) is 58.1. The van der Waals surface area contributed by atoms with Crippen molar-refractivity contribution < 1.29 is 29.0 Å². The predicted molar refractivity (Wildman–Crippen MR) is 172 cm³/mol. The van der Waals surface area contributed by atoms with Gasteiger partial charge < -0.3 is 24.4 Å². The van der Waals surface area contributed by atoms with Crippen LogP contribution in [0.15, 0.2) is 72.8 Å². The number of hydrogen-bond donors (Lipinski definition) is 2. The van der Waals surface area contributed by atoms with E-state index in [0.29, 0.717) is 48.6 Å². The topological polar surface area (TPSA) is 111 Å². The fourth-order valence-corrected chi connectivity index (χ4v) is 10.7. The van der Waals surface area contributed by atoms with Gasteiger partial charge in [0.05, 0.1) is 30.9 Å². The van der Waals surface area contributed by atoms with Crippen LogP contribution in [-0.4, -0.2) is 66.1 Å². The lowest BCUT2D eigenvalue weighted by Crippen LogP contribution is -2.48. The minimum Gasteiger partial charge on any atom is -0.432 e. The van der Waals surface area contributed by atoms with E-state index >= 15 is 0 Å². The molecule has 2 saturated heterocycles. The lowest BCUT2D eigenvalue weighted by molar-refractivity contribution is -0.150. The Kier molecular flexibility index (Phi) is 7.24. The van der Waals surface area contributed by atoms with Crippen LogP contribution >= 0.6 is 0 Å². The third kappa shape index (κ3) is 4.65. The molecule has 234 valence electrons. The zero-order valence-corrected chi connectivity index (χ0v) is 26.8. The van der Waals surface area contributed by atoms with Crippen LogP contribution in [0.25, 0.3) is 0 Å². The van der Waals surface area contributed by atoms with Gasteiger partial charge in [-0.2, -0.15) is 0 Å². The molecule has 2 fully saturated rings. The third-order valence-electron chi connectivity index (χ3n) is 10.3. The molecule has 0 saturated carbocycles.